The van der Waals surface area contributed by atoms with E-state index < -0.39 is 0 Å². The number of carbonyl (C=O) groups excluding carboxylic acids is 1. The minimum atomic E-state index is -0.0140. The van der Waals surface area contributed by atoms with E-state index in [1.807, 2.05) is 35.2 Å². The van der Waals surface area contributed by atoms with Gasteiger partial charge in [-0.25, -0.2) is 0 Å². The van der Waals surface area contributed by atoms with E-state index in [-0.39, 0.29) is 11.5 Å². The SMILES string of the molecule is CCCCCCCCCCc1c(-c2ccccc2)c(C(=O)N2CCOCC2)cn(C)c1=O. The molecule has 174 valence electrons. The Balaban J connectivity index is 1.84. The normalized spacial score (nSPS) is 14.0. The first kappa shape index (κ1) is 24.2. The number of carbonyl (C=O) groups is 1. The molecule has 2 aromatic rings. The lowest BCUT2D eigenvalue weighted by Crippen LogP contribution is -2.41. The summed E-state index contributed by atoms with van der Waals surface area (Å²) in [7, 11) is 1.75. The van der Waals surface area contributed by atoms with Gasteiger partial charge in [0.05, 0.1) is 18.8 Å². The highest BCUT2D eigenvalue weighted by atomic mass is 16.5. The summed E-state index contributed by atoms with van der Waals surface area (Å²) in [6.07, 6.45) is 12.2. The number of unbranched alkanes of at least 4 members (excludes halogenated alkanes) is 7. The van der Waals surface area contributed by atoms with Crippen LogP contribution in [-0.2, 0) is 18.2 Å². The van der Waals surface area contributed by atoms with E-state index in [4.69, 9.17) is 4.74 Å². The lowest BCUT2D eigenvalue weighted by atomic mass is 9.92. The van der Waals surface area contributed by atoms with Gasteiger partial charge in [0, 0.05) is 37.5 Å². The standard InChI is InChI=1S/C27H38N2O3/c1-3-4-5-6-7-8-9-13-16-23-25(22-14-11-10-12-15-22)24(21-28(2)26(23)30)27(31)29-17-19-32-20-18-29/h10-12,14-15,21H,3-9,13,16-20H2,1-2H3. The molecular weight excluding hydrogens is 400 g/mol. The van der Waals surface area contributed by atoms with Crippen molar-refractivity contribution in [2.45, 2.75) is 64.7 Å². The fourth-order valence-electron chi connectivity index (χ4n) is 4.50. The van der Waals surface area contributed by atoms with E-state index >= 15 is 0 Å². The van der Waals surface area contributed by atoms with Crippen molar-refractivity contribution in [1.29, 1.82) is 0 Å². The topological polar surface area (TPSA) is 51.5 Å². The van der Waals surface area contributed by atoms with Gasteiger partial charge in [0.2, 0.25) is 0 Å². The van der Waals surface area contributed by atoms with Crippen LogP contribution < -0.4 is 5.56 Å². The maximum absolute atomic E-state index is 13.5. The third-order valence-corrected chi connectivity index (χ3v) is 6.34. The number of aromatic nitrogens is 1. The van der Waals surface area contributed by atoms with Crippen LogP contribution in [0.3, 0.4) is 0 Å². The van der Waals surface area contributed by atoms with Crippen molar-refractivity contribution in [3.05, 3.63) is 58.0 Å². The summed E-state index contributed by atoms with van der Waals surface area (Å²) >= 11 is 0. The van der Waals surface area contributed by atoms with Gasteiger partial charge in [-0.15, -0.1) is 0 Å². The first-order valence-electron chi connectivity index (χ1n) is 12.3. The van der Waals surface area contributed by atoms with E-state index in [9.17, 15) is 9.59 Å². The average Bonchev–Trinajstić information content (AvgIpc) is 2.83. The van der Waals surface area contributed by atoms with Crippen molar-refractivity contribution >= 4 is 5.91 Å². The van der Waals surface area contributed by atoms with Gasteiger partial charge in [-0.3, -0.25) is 9.59 Å². The highest BCUT2D eigenvalue weighted by Gasteiger charge is 2.25. The predicted molar refractivity (Wildman–Crippen MR) is 130 cm³/mol. The first-order chi connectivity index (χ1) is 15.6. The molecule has 0 N–H and O–H groups in total. The summed E-state index contributed by atoms with van der Waals surface area (Å²) < 4.78 is 7.01. The fourth-order valence-corrected chi connectivity index (χ4v) is 4.50. The van der Waals surface area contributed by atoms with Crippen LogP contribution in [0.25, 0.3) is 11.1 Å². The number of hydrogen-bond acceptors (Lipinski definition) is 3. The number of hydrogen-bond donors (Lipinski definition) is 0. The summed E-state index contributed by atoms with van der Waals surface area (Å²) in [6, 6.07) is 9.90. The van der Waals surface area contributed by atoms with Crippen molar-refractivity contribution in [2.24, 2.45) is 7.05 Å². The third-order valence-electron chi connectivity index (χ3n) is 6.34. The lowest BCUT2D eigenvalue weighted by Gasteiger charge is -2.28. The second-order valence-electron chi connectivity index (χ2n) is 8.81. The van der Waals surface area contributed by atoms with E-state index in [1.54, 1.807) is 17.8 Å². The van der Waals surface area contributed by atoms with Gasteiger partial charge < -0.3 is 14.2 Å². The molecular formula is C27H38N2O3. The molecule has 1 aliphatic heterocycles. The zero-order valence-corrected chi connectivity index (χ0v) is 19.8. The van der Waals surface area contributed by atoms with Crippen LogP contribution in [0.4, 0.5) is 0 Å². The molecule has 0 aliphatic carbocycles. The zero-order valence-electron chi connectivity index (χ0n) is 19.8. The summed E-state index contributed by atoms with van der Waals surface area (Å²) in [6.45, 7) is 4.53. The highest BCUT2D eigenvalue weighted by Crippen LogP contribution is 2.28. The predicted octanol–water partition coefficient (Wildman–Crippen LogP) is 5.21. The molecule has 0 atom stereocenters. The Morgan fingerprint density at radius 3 is 2.22 bits per heavy atom. The van der Waals surface area contributed by atoms with Gasteiger partial charge in [0.1, 0.15) is 0 Å². The number of nitrogens with zero attached hydrogens (tertiary/aromatic N) is 2. The van der Waals surface area contributed by atoms with Crippen molar-refractivity contribution in [1.82, 2.24) is 9.47 Å². The van der Waals surface area contributed by atoms with Gasteiger partial charge in [-0.2, -0.15) is 0 Å². The number of aryl methyl sites for hydroxylation is 1. The van der Waals surface area contributed by atoms with Crippen LogP contribution in [0.1, 0.15) is 74.2 Å². The molecule has 0 unspecified atom stereocenters. The largest absolute Gasteiger partial charge is 0.378 e. The van der Waals surface area contributed by atoms with Crippen LogP contribution in [0.15, 0.2) is 41.3 Å². The van der Waals surface area contributed by atoms with Crippen molar-refractivity contribution < 1.29 is 9.53 Å². The van der Waals surface area contributed by atoms with Crippen LogP contribution in [0.2, 0.25) is 0 Å². The molecule has 0 saturated carbocycles. The number of benzene rings is 1. The molecule has 1 aromatic heterocycles. The molecule has 5 nitrogen and oxygen atoms in total. The van der Waals surface area contributed by atoms with Crippen molar-refractivity contribution in [3.8, 4) is 11.1 Å². The summed E-state index contributed by atoms with van der Waals surface area (Å²) in [5.74, 6) is -0.0140. The molecule has 32 heavy (non-hydrogen) atoms. The Kier molecular flexibility index (Phi) is 9.54. The molecule has 1 aromatic carbocycles. The lowest BCUT2D eigenvalue weighted by molar-refractivity contribution is 0.0303. The van der Waals surface area contributed by atoms with Gasteiger partial charge in [-0.1, -0.05) is 82.2 Å². The molecule has 3 rings (SSSR count). The molecule has 1 fully saturated rings. The Labute approximate surface area is 192 Å². The third kappa shape index (κ3) is 6.32. The van der Waals surface area contributed by atoms with Gasteiger partial charge >= 0.3 is 0 Å². The van der Waals surface area contributed by atoms with Gasteiger partial charge in [0.15, 0.2) is 0 Å². The van der Waals surface area contributed by atoms with Crippen molar-refractivity contribution in [2.75, 3.05) is 26.3 Å². The minimum Gasteiger partial charge on any atom is -0.378 e. The van der Waals surface area contributed by atoms with Crippen LogP contribution in [-0.4, -0.2) is 41.7 Å². The number of ether oxygens (including phenoxy) is 1. The summed E-state index contributed by atoms with van der Waals surface area (Å²) in [5.41, 5.74) is 3.15. The molecule has 1 saturated heterocycles. The second-order valence-corrected chi connectivity index (χ2v) is 8.81. The summed E-state index contributed by atoms with van der Waals surface area (Å²) in [5, 5.41) is 0. The molecule has 1 amide bonds. The molecule has 1 aliphatic rings. The molecule has 0 radical (unpaired) electrons. The molecule has 2 heterocycles. The van der Waals surface area contributed by atoms with E-state index in [0.717, 1.165) is 29.5 Å². The maximum atomic E-state index is 13.5. The van der Waals surface area contributed by atoms with Gasteiger partial charge in [0.25, 0.3) is 11.5 Å². The Hall–Kier alpha value is -2.40. The Bertz CT molecular complexity index is 914. The van der Waals surface area contributed by atoms with E-state index in [2.05, 4.69) is 6.92 Å². The Morgan fingerprint density at radius 1 is 0.938 bits per heavy atom. The smallest absolute Gasteiger partial charge is 0.256 e. The summed E-state index contributed by atoms with van der Waals surface area (Å²) in [4.78, 5) is 28.5. The van der Waals surface area contributed by atoms with E-state index in [0.29, 0.717) is 38.3 Å². The monoisotopic (exact) mass is 438 g/mol. The van der Waals surface area contributed by atoms with E-state index in [1.165, 1.54) is 38.5 Å². The Morgan fingerprint density at radius 2 is 1.56 bits per heavy atom. The first-order valence-corrected chi connectivity index (χ1v) is 12.3. The average molecular weight is 439 g/mol. The molecule has 0 spiro atoms. The zero-order chi connectivity index (χ0) is 22.8. The highest BCUT2D eigenvalue weighted by molar-refractivity contribution is 6.01. The quantitative estimate of drug-likeness (QED) is 0.453. The number of rotatable bonds is 11. The minimum absolute atomic E-state index is 0.00493. The number of pyridine rings is 1. The second kappa shape index (κ2) is 12.6. The number of morpholine rings is 1. The molecule has 0 bridgehead atoms. The van der Waals surface area contributed by atoms with Crippen LogP contribution in [0, 0.1) is 0 Å². The van der Waals surface area contributed by atoms with Crippen molar-refractivity contribution in [3.63, 3.8) is 0 Å². The maximum Gasteiger partial charge on any atom is 0.256 e. The fraction of sp³-hybridized carbons (Fsp3) is 0.556. The van der Waals surface area contributed by atoms with Crippen LogP contribution >= 0.6 is 0 Å². The van der Waals surface area contributed by atoms with Crippen LogP contribution in [0.5, 0.6) is 0 Å². The number of amides is 1. The van der Waals surface area contributed by atoms with Gasteiger partial charge in [-0.05, 0) is 18.4 Å². The molecule has 5 heteroatoms.